The van der Waals surface area contributed by atoms with Gasteiger partial charge in [-0.05, 0) is 48.7 Å². The first-order valence-corrected chi connectivity index (χ1v) is 13.2. The summed E-state index contributed by atoms with van der Waals surface area (Å²) >= 11 is 0. The zero-order chi connectivity index (χ0) is 30.4. The van der Waals surface area contributed by atoms with Crippen LogP contribution in [0.5, 0.6) is 5.75 Å². The zero-order valence-electron chi connectivity index (χ0n) is 22.8. The normalized spacial score (nSPS) is 17.4. The van der Waals surface area contributed by atoms with Gasteiger partial charge in [-0.1, -0.05) is 12.0 Å². The second-order valence-corrected chi connectivity index (χ2v) is 9.92. The quantitative estimate of drug-likeness (QED) is 0.160. The third-order valence-corrected chi connectivity index (χ3v) is 6.86. The molecule has 0 saturated carbocycles. The third kappa shape index (κ3) is 7.64. The van der Waals surface area contributed by atoms with E-state index >= 15 is 0 Å². The fourth-order valence-electron chi connectivity index (χ4n) is 4.94. The summed E-state index contributed by atoms with van der Waals surface area (Å²) in [6.45, 7) is -0.482. The van der Waals surface area contributed by atoms with E-state index in [0.717, 1.165) is 4.57 Å². The van der Waals surface area contributed by atoms with Crippen LogP contribution < -0.4 is 21.1 Å². The first-order chi connectivity index (χ1) is 19.9. The van der Waals surface area contributed by atoms with Crippen molar-refractivity contribution in [3.05, 3.63) is 53.7 Å². The number of aromatic nitrogens is 1. The van der Waals surface area contributed by atoms with Gasteiger partial charge < -0.3 is 30.8 Å². The fourth-order valence-corrected chi connectivity index (χ4v) is 4.94. The van der Waals surface area contributed by atoms with E-state index < -0.39 is 36.8 Å². The number of hydrogen-bond acceptors (Lipinski definition) is 6. The average molecular weight is 590 g/mol. The third-order valence-electron chi connectivity index (χ3n) is 6.86. The number of primary amides is 1. The van der Waals surface area contributed by atoms with Gasteiger partial charge in [0, 0.05) is 37.1 Å². The van der Waals surface area contributed by atoms with Crippen LogP contribution in [-0.4, -0.2) is 78.1 Å². The van der Waals surface area contributed by atoms with E-state index in [-0.39, 0.29) is 30.8 Å². The fraction of sp³-hybridized carbons (Fsp3) is 0.379. The highest BCUT2D eigenvalue weighted by Gasteiger charge is 2.32. The molecule has 2 heterocycles. The SMILES string of the molecule is COc1cc(C(=O)O)ccc1NCCC#Cc1cc2c(N[C@@H]3CCN(CC(N)=O)C[C@@H]3F)cccc2n1CC(F)(F)F. The number of piperidine rings is 1. The lowest BCUT2D eigenvalue weighted by molar-refractivity contribution is -0.140. The number of benzene rings is 2. The molecular weight excluding hydrogens is 558 g/mol. The molecule has 2 atom stereocenters. The Balaban J connectivity index is 1.51. The maximum Gasteiger partial charge on any atom is 0.406 e. The standard InChI is InChI=1S/C29H31F4N5O4/c1-42-26-13-18(28(40)41)8-9-24(26)35-11-3-2-5-19-14-20-22(6-4-7-25(20)38(19)17-29(31,32)33)36-23-10-12-37(15-21(23)30)16-27(34)39/h4,6-9,13-14,21,23,35-36H,3,10-12,15-17H2,1H3,(H2,34,39)(H,40,41)/t21-,23+/m0/s1. The van der Waals surface area contributed by atoms with E-state index in [9.17, 15) is 27.2 Å². The first kappa shape index (κ1) is 30.5. The number of carboxylic acids is 1. The molecule has 224 valence electrons. The van der Waals surface area contributed by atoms with Crippen LogP contribution in [0.1, 0.15) is 28.9 Å². The van der Waals surface area contributed by atoms with Crippen molar-refractivity contribution in [2.45, 2.75) is 37.8 Å². The molecule has 9 nitrogen and oxygen atoms in total. The molecule has 0 radical (unpaired) electrons. The molecular formula is C29H31F4N5O4. The molecule has 4 rings (SSSR count). The van der Waals surface area contributed by atoms with Crippen molar-refractivity contribution in [1.82, 2.24) is 9.47 Å². The van der Waals surface area contributed by atoms with Crippen molar-refractivity contribution >= 4 is 34.2 Å². The number of ether oxygens (including phenoxy) is 1. The molecule has 2 aromatic carbocycles. The monoisotopic (exact) mass is 589 g/mol. The Morgan fingerprint density at radius 1 is 1.19 bits per heavy atom. The minimum Gasteiger partial charge on any atom is -0.495 e. The summed E-state index contributed by atoms with van der Waals surface area (Å²) in [6, 6.07) is 10.2. The Labute approximate surface area is 239 Å². The summed E-state index contributed by atoms with van der Waals surface area (Å²) in [4.78, 5) is 24.0. The second kappa shape index (κ2) is 13.0. The zero-order valence-corrected chi connectivity index (χ0v) is 22.8. The van der Waals surface area contributed by atoms with Gasteiger partial charge in [0.2, 0.25) is 5.91 Å². The molecule has 1 aliphatic heterocycles. The molecule has 0 bridgehead atoms. The van der Waals surface area contributed by atoms with E-state index in [2.05, 4.69) is 22.5 Å². The predicted molar refractivity (Wildman–Crippen MR) is 150 cm³/mol. The van der Waals surface area contributed by atoms with E-state index in [1.807, 2.05) is 0 Å². The maximum atomic E-state index is 14.9. The average Bonchev–Trinajstić information content (AvgIpc) is 3.26. The van der Waals surface area contributed by atoms with Crippen LogP contribution in [0.3, 0.4) is 0 Å². The van der Waals surface area contributed by atoms with Gasteiger partial charge in [-0.3, -0.25) is 9.69 Å². The maximum absolute atomic E-state index is 14.9. The Morgan fingerprint density at radius 2 is 1.98 bits per heavy atom. The van der Waals surface area contributed by atoms with Gasteiger partial charge in [0.25, 0.3) is 0 Å². The first-order valence-electron chi connectivity index (χ1n) is 13.2. The summed E-state index contributed by atoms with van der Waals surface area (Å²) in [5.74, 6) is 4.44. The Bertz CT molecular complexity index is 1510. The van der Waals surface area contributed by atoms with Crippen molar-refractivity contribution in [1.29, 1.82) is 0 Å². The number of carboxylic acid groups (broad SMARTS) is 1. The van der Waals surface area contributed by atoms with Crippen molar-refractivity contribution in [2.24, 2.45) is 5.73 Å². The number of halogens is 4. The van der Waals surface area contributed by atoms with E-state index in [4.69, 9.17) is 15.6 Å². The Hall–Kier alpha value is -4.44. The van der Waals surface area contributed by atoms with Crippen LogP contribution in [-0.2, 0) is 11.3 Å². The molecule has 1 aliphatic rings. The minimum absolute atomic E-state index is 0.0198. The molecule has 1 amide bonds. The van der Waals surface area contributed by atoms with E-state index in [1.165, 1.54) is 19.2 Å². The van der Waals surface area contributed by atoms with Gasteiger partial charge in [0.05, 0.1) is 42.2 Å². The van der Waals surface area contributed by atoms with Gasteiger partial charge in [0.15, 0.2) is 0 Å². The summed E-state index contributed by atoms with van der Waals surface area (Å²) < 4.78 is 61.8. The number of rotatable bonds is 10. The van der Waals surface area contributed by atoms with Crippen LogP contribution in [0.4, 0.5) is 28.9 Å². The number of likely N-dealkylation sites (tertiary alicyclic amines) is 1. The number of nitrogens with zero attached hydrogens (tertiary/aromatic N) is 2. The highest BCUT2D eigenvalue weighted by atomic mass is 19.4. The molecule has 1 aromatic heterocycles. The lowest BCUT2D eigenvalue weighted by atomic mass is 10.0. The smallest absolute Gasteiger partial charge is 0.406 e. The molecule has 5 N–H and O–H groups in total. The van der Waals surface area contributed by atoms with Gasteiger partial charge in [0.1, 0.15) is 18.5 Å². The van der Waals surface area contributed by atoms with Crippen LogP contribution in [0.15, 0.2) is 42.5 Å². The molecule has 0 spiro atoms. The largest absolute Gasteiger partial charge is 0.495 e. The van der Waals surface area contributed by atoms with E-state index in [1.54, 1.807) is 35.2 Å². The Kier molecular flexibility index (Phi) is 9.47. The summed E-state index contributed by atoms with van der Waals surface area (Å²) in [5.41, 5.74) is 6.80. The lowest BCUT2D eigenvalue weighted by Gasteiger charge is -2.35. The van der Waals surface area contributed by atoms with Gasteiger partial charge in [-0.25, -0.2) is 9.18 Å². The number of methoxy groups -OCH3 is 1. The molecule has 0 unspecified atom stereocenters. The predicted octanol–water partition coefficient (Wildman–Crippen LogP) is 4.07. The number of carbonyl (C=O) groups excluding carboxylic acids is 1. The number of anilines is 2. The number of amides is 1. The number of nitrogens with one attached hydrogen (secondary N) is 2. The highest BCUT2D eigenvalue weighted by molar-refractivity contribution is 5.94. The molecule has 1 fully saturated rings. The van der Waals surface area contributed by atoms with Crippen molar-refractivity contribution in [2.75, 3.05) is 43.9 Å². The van der Waals surface area contributed by atoms with Gasteiger partial charge in [-0.15, -0.1) is 0 Å². The number of carbonyl (C=O) groups is 2. The number of alkyl halides is 4. The number of aromatic carboxylic acids is 1. The van der Waals surface area contributed by atoms with Crippen LogP contribution in [0.25, 0.3) is 10.9 Å². The van der Waals surface area contributed by atoms with Crippen LogP contribution in [0.2, 0.25) is 0 Å². The second-order valence-electron chi connectivity index (χ2n) is 9.92. The number of hydrogen-bond donors (Lipinski definition) is 4. The highest BCUT2D eigenvalue weighted by Crippen LogP contribution is 2.32. The Morgan fingerprint density at radius 3 is 2.64 bits per heavy atom. The number of fused-ring (bicyclic) bond motifs is 1. The number of nitrogens with two attached hydrogens (primary N) is 1. The summed E-state index contributed by atoms with van der Waals surface area (Å²) in [6.07, 6.45) is -5.15. The topological polar surface area (TPSA) is 122 Å². The minimum atomic E-state index is -4.50. The van der Waals surface area contributed by atoms with Gasteiger partial charge in [-0.2, -0.15) is 13.2 Å². The van der Waals surface area contributed by atoms with Crippen molar-refractivity contribution in [3.63, 3.8) is 0 Å². The summed E-state index contributed by atoms with van der Waals surface area (Å²) in [7, 11) is 1.41. The van der Waals surface area contributed by atoms with E-state index in [0.29, 0.717) is 47.5 Å². The van der Waals surface area contributed by atoms with Crippen LogP contribution >= 0.6 is 0 Å². The molecule has 13 heteroatoms. The molecule has 42 heavy (non-hydrogen) atoms. The molecule has 0 aliphatic carbocycles. The molecule has 1 saturated heterocycles. The molecule has 3 aromatic rings. The van der Waals surface area contributed by atoms with Gasteiger partial charge >= 0.3 is 12.1 Å². The lowest BCUT2D eigenvalue weighted by Crippen LogP contribution is -2.49. The van der Waals surface area contributed by atoms with Crippen molar-refractivity contribution in [3.8, 4) is 17.6 Å². The summed E-state index contributed by atoms with van der Waals surface area (Å²) in [5, 5.41) is 15.9. The van der Waals surface area contributed by atoms with Crippen LogP contribution in [0, 0.1) is 11.8 Å². The van der Waals surface area contributed by atoms with Crippen molar-refractivity contribution < 1.29 is 37.0 Å².